The molecule has 1 atom stereocenters. The van der Waals surface area contributed by atoms with E-state index in [1.807, 2.05) is 85.6 Å². The van der Waals surface area contributed by atoms with Gasteiger partial charge in [-0.25, -0.2) is 4.98 Å². The van der Waals surface area contributed by atoms with Gasteiger partial charge in [0.1, 0.15) is 5.82 Å². The minimum Gasteiger partial charge on any atom is -0.332 e. The van der Waals surface area contributed by atoms with Crippen LogP contribution >= 0.6 is 11.3 Å². The average molecular weight is 446 g/mol. The van der Waals surface area contributed by atoms with Crippen LogP contribution in [-0.2, 0) is 11.2 Å². The number of amides is 1. The van der Waals surface area contributed by atoms with Crippen molar-refractivity contribution < 1.29 is 4.79 Å². The van der Waals surface area contributed by atoms with Crippen LogP contribution < -0.4 is 5.56 Å². The number of para-hydroxylation sites is 1. The van der Waals surface area contributed by atoms with E-state index in [0.29, 0.717) is 36.1 Å². The Bertz CT molecular complexity index is 1280. The zero-order valence-corrected chi connectivity index (χ0v) is 19.4. The summed E-state index contributed by atoms with van der Waals surface area (Å²) < 4.78 is 1.68. The maximum Gasteiger partial charge on any atom is 0.266 e. The lowest BCUT2D eigenvalue weighted by Crippen LogP contribution is -2.39. The highest BCUT2D eigenvalue weighted by molar-refractivity contribution is 7.10. The number of hydrogen-bond donors (Lipinski definition) is 0. The highest BCUT2D eigenvalue weighted by Gasteiger charge is 2.28. The van der Waals surface area contributed by atoms with Gasteiger partial charge in [-0.1, -0.05) is 42.8 Å². The van der Waals surface area contributed by atoms with E-state index in [-0.39, 0.29) is 17.5 Å². The largest absolute Gasteiger partial charge is 0.332 e. The molecule has 0 spiro atoms. The molecule has 0 aliphatic rings. The molecule has 0 N–H and O–H groups in total. The smallest absolute Gasteiger partial charge is 0.266 e. The monoisotopic (exact) mass is 445 g/mol. The van der Waals surface area contributed by atoms with Crippen molar-refractivity contribution >= 4 is 28.1 Å². The highest BCUT2D eigenvalue weighted by atomic mass is 32.1. The lowest BCUT2D eigenvalue weighted by atomic mass is 10.1. The van der Waals surface area contributed by atoms with Crippen molar-refractivity contribution in [1.82, 2.24) is 14.5 Å². The molecule has 2 aromatic carbocycles. The summed E-state index contributed by atoms with van der Waals surface area (Å²) in [5.74, 6) is 0.640. The van der Waals surface area contributed by atoms with Gasteiger partial charge in [0.15, 0.2) is 0 Å². The number of fused-ring (bicyclic) bond motifs is 1. The Morgan fingerprint density at radius 1 is 1.06 bits per heavy atom. The lowest BCUT2D eigenvalue weighted by molar-refractivity contribution is -0.133. The molecule has 2 heterocycles. The number of nitrogens with zero attached hydrogens (tertiary/aromatic N) is 3. The second-order valence-corrected chi connectivity index (χ2v) is 8.86. The summed E-state index contributed by atoms with van der Waals surface area (Å²) in [5.41, 5.74) is 2.41. The molecule has 0 saturated heterocycles. The molecule has 164 valence electrons. The van der Waals surface area contributed by atoms with Crippen LogP contribution in [0, 0.1) is 6.92 Å². The number of carbonyl (C=O) groups is 1. The quantitative estimate of drug-likeness (QED) is 0.388. The SMILES string of the molecule is CCC(c1nc2ccccc2c(=O)n1-c1ccc(C)cc1)N(CC)C(=O)Cc1cccs1. The van der Waals surface area contributed by atoms with E-state index >= 15 is 0 Å². The van der Waals surface area contributed by atoms with E-state index in [2.05, 4.69) is 0 Å². The van der Waals surface area contributed by atoms with E-state index in [1.54, 1.807) is 22.0 Å². The first-order chi connectivity index (χ1) is 15.5. The minimum atomic E-state index is -0.314. The number of likely N-dealkylation sites (N-methyl/N-ethyl adjacent to an activating group) is 1. The topological polar surface area (TPSA) is 55.2 Å². The van der Waals surface area contributed by atoms with Gasteiger partial charge in [0.25, 0.3) is 5.56 Å². The number of aromatic nitrogens is 2. The molecule has 0 bridgehead atoms. The Balaban J connectivity index is 1.88. The second kappa shape index (κ2) is 9.49. The number of benzene rings is 2. The summed E-state index contributed by atoms with van der Waals surface area (Å²) in [6, 6.07) is 18.9. The first kappa shape index (κ1) is 22.0. The van der Waals surface area contributed by atoms with E-state index in [1.165, 1.54) is 0 Å². The third-order valence-electron chi connectivity index (χ3n) is 5.72. The summed E-state index contributed by atoms with van der Waals surface area (Å²) in [4.78, 5) is 34.7. The average Bonchev–Trinajstić information content (AvgIpc) is 3.31. The van der Waals surface area contributed by atoms with Gasteiger partial charge in [0.05, 0.1) is 29.1 Å². The second-order valence-electron chi connectivity index (χ2n) is 7.82. The number of aryl methyl sites for hydroxylation is 1. The van der Waals surface area contributed by atoms with Gasteiger partial charge in [0.2, 0.25) is 5.91 Å². The van der Waals surface area contributed by atoms with Gasteiger partial charge in [-0.05, 0) is 56.0 Å². The minimum absolute atomic E-state index is 0.0414. The predicted molar refractivity (Wildman–Crippen MR) is 131 cm³/mol. The molecule has 5 nitrogen and oxygen atoms in total. The van der Waals surface area contributed by atoms with Crippen molar-refractivity contribution in [3.8, 4) is 5.69 Å². The molecular formula is C26H27N3O2S. The molecule has 1 amide bonds. The first-order valence-electron chi connectivity index (χ1n) is 10.9. The molecule has 2 aromatic heterocycles. The van der Waals surface area contributed by atoms with Crippen molar-refractivity contribution in [3.63, 3.8) is 0 Å². The van der Waals surface area contributed by atoms with Crippen LogP contribution in [0.3, 0.4) is 0 Å². The summed E-state index contributed by atoms with van der Waals surface area (Å²) in [6.07, 6.45) is 1.00. The lowest BCUT2D eigenvalue weighted by Gasteiger charge is -2.31. The number of hydrogen-bond acceptors (Lipinski definition) is 4. The molecule has 0 saturated carbocycles. The van der Waals surface area contributed by atoms with Gasteiger partial charge in [-0.3, -0.25) is 14.2 Å². The number of rotatable bonds is 7. The Hall–Kier alpha value is -3.25. The van der Waals surface area contributed by atoms with Gasteiger partial charge in [0, 0.05) is 11.4 Å². The summed E-state index contributed by atoms with van der Waals surface area (Å²) in [5, 5.41) is 2.55. The maximum absolute atomic E-state index is 13.6. The van der Waals surface area contributed by atoms with E-state index < -0.39 is 0 Å². The first-order valence-corrected chi connectivity index (χ1v) is 11.8. The molecule has 0 aliphatic heterocycles. The summed E-state index contributed by atoms with van der Waals surface area (Å²) in [7, 11) is 0. The van der Waals surface area contributed by atoms with Crippen LogP contribution in [-0.4, -0.2) is 26.9 Å². The molecule has 4 rings (SSSR count). The third kappa shape index (κ3) is 4.23. The van der Waals surface area contributed by atoms with Crippen LogP contribution in [0.5, 0.6) is 0 Å². The van der Waals surface area contributed by atoms with Gasteiger partial charge >= 0.3 is 0 Å². The molecule has 6 heteroatoms. The Kier molecular flexibility index (Phi) is 6.51. The van der Waals surface area contributed by atoms with Crippen molar-refractivity contribution in [1.29, 1.82) is 0 Å². The Morgan fingerprint density at radius 3 is 2.47 bits per heavy atom. The molecule has 0 aliphatic carbocycles. The van der Waals surface area contributed by atoms with Crippen LogP contribution in [0.15, 0.2) is 70.8 Å². The summed E-state index contributed by atoms with van der Waals surface area (Å²) in [6.45, 7) is 6.57. The summed E-state index contributed by atoms with van der Waals surface area (Å²) >= 11 is 1.58. The fourth-order valence-electron chi connectivity index (χ4n) is 4.09. The Morgan fingerprint density at radius 2 is 1.81 bits per heavy atom. The van der Waals surface area contributed by atoms with Crippen LogP contribution in [0.4, 0.5) is 0 Å². The molecular weight excluding hydrogens is 418 g/mol. The zero-order chi connectivity index (χ0) is 22.7. The van der Waals surface area contributed by atoms with Crippen LogP contribution in [0.2, 0.25) is 0 Å². The van der Waals surface area contributed by atoms with E-state index in [4.69, 9.17) is 4.98 Å². The third-order valence-corrected chi connectivity index (χ3v) is 6.60. The molecule has 4 aromatic rings. The van der Waals surface area contributed by atoms with Crippen molar-refractivity contribution in [2.24, 2.45) is 0 Å². The Labute approximate surface area is 192 Å². The number of carbonyl (C=O) groups excluding carboxylic acids is 1. The van der Waals surface area contributed by atoms with Crippen molar-refractivity contribution in [2.75, 3.05) is 6.54 Å². The molecule has 0 fully saturated rings. The van der Waals surface area contributed by atoms with Crippen molar-refractivity contribution in [2.45, 2.75) is 39.7 Å². The normalized spacial score (nSPS) is 12.1. The van der Waals surface area contributed by atoms with E-state index in [9.17, 15) is 9.59 Å². The molecule has 1 unspecified atom stereocenters. The molecule has 0 radical (unpaired) electrons. The highest BCUT2D eigenvalue weighted by Crippen LogP contribution is 2.27. The van der Waals surface area contributed by atoms with Gasteiger partial charge in [-0.15, -0.1) is 11.3 Å². The standard InChI is InChI=1S/C26H27N3O2S/c1-4-23(28(5-2)24(30)17-20-9-8-16-32-20)25-27-22-11-7-6-10-21(22)26(31)29(25)19-14-12-18(3)13-15-19/h6-16,23H,4-5,17H2,1-3H3. The molecule has 32 heavy (non-hydrogen) atoms. The maximum atomic E-state index is 13.6. The van der Waals surface area contributed by atoms with Gasteiger partial charge < -0.3 is 4.90 Å². The van der Waals surface area contributed by atoms with Crippen LogP contribution in [0.25, 0.3) is 16.6 Å². The van der Waals surface area contributed by atoms with Crippen LogP contribution in [0.1, 0.15) is 42.6 Å². The fourth-order valence-corrected chi connectivity index (χ4v) is 4.79. The fraction of sp³-hybridized carbons (Fsp3) is 0.269. The van der Waals surface area contributed by atoms with Gasteiger partial charge in [-0.2, -0.15) is 0 Å². The number of thiophene rings is 1. The van der Waals surface area contributed by atoms with E-state index in [0.717, 1.165) is 16.1 Å². The zero-order valence-electron chi connectivity index (χ0n) is 18.6. The predicted octanol–water partition coefficient (Wildman–Crippen LogP) is 5.30. The van der Waals surface area contributed by atoms with Crippen molar-refractivity contribution in [3.05, 3.63) is 92.7 Å².